The minimum atomic E-state index is -1.86. The van der Waals surface area contributed by atoms with E-state index >= 15 is 0 Å². The first-order chi connectivity index (χ1) is 10.1. The van der Waals surface area contributed by atoms with Crippen LogP contribution in [0.3, 0.4) is 0 Å². The van der Waals surface area contributed by atoms with Crippen LogP contribution in [0.2, 0.25) is 5.02 Å². The number of hydrogen-bond acceptors (Lipinski definition) is 3. The molecule has 0 spiro atoms. The molecule has 1 aliphatic heterocycles. The van der Waals surface area contributed by atoms with Gasteiger partial charge < -0.3 is 14.2 Å². The summed E-state index contributed by atoms with van der Waals surface area (Å²) in [6.07, 6.45) is 2.13. The van der Waals surface area contributed by atoms with Crippen molar-refractivity contribution in [2.45, 2.75) is 24.5 Å². The normalized spacial score (nSPS) is 18.8. The third-order valence-corrected chi connectivity index (χ3v) is 5.05. The van der Waals surface area contributed by atoms with E-state index in [4.69, 9.17) is 20.9 Å². The van der Waals surface area contributed by atoms with Crippen molar-refractivity contribution in [2.75, 3.05) is 33.4 Å². The average molecular weight is 332 g/mol. The van der Waals surface area contributed by atoms with Crippen molar-refractivity contribution >= 4 is 22.7 Å². The molecule has 0 bridgehead atoms. The Labute approximate surface area is 133 Å². The molecule has 4 nitrogen and oxygen atoms in total. The summed E-state index contributed by atoms with van der Waals surface area (Å²) in [5, 5.41) is 0.662. The standard InChI is InChI=1S/C15H22ClNO3S/c1-20-10-9-17-7-5-12(6-8-17)14-4-2-3-13(15(14)16)11-21(18)19/h2-4,12H,5-11H2,1H3,(H,18,19). The molecule has 0 radical (unpaired) electrons. The van der Waals surface area contributed by atoms with Crippen LogP contribution < -0.4 is 0 Å². The van der Waals surface area contributed by atoms with Crippen molar-refractivity contribution in [3.8, 4) is 0 Å². The number of piperidine rings is 1. The summed E-state index contributed by atoms with van der Waals surface area (Å²) in [5.74, 6) is 0.530. The number of rotatable bonds is 6. The summed E-state index contributed by atoms with van der Waals surface area (Å²) in [4.78, 5) is 2.40. The molecule has 118 valence electrons. The number of nitrogens with zero attached hydrogens (tertiary/aromatic N) is 1. The van der Waals surface area contributed by atoms with E-state index < -0.39 is 11.1 Å². The summed E-state index contributed by atoms with van der Waals surface area (Å²) in [5.41, 5.74) is 1.88. The Morgan fingerprint density at radius 3 is 2.76 bits per heavy atom. The summed E-state index contributed by atoms with van der Waals surface area (Å²) >= 11 is 4.57. The number of likely N-dealkylation sites (tertiary alicyclic amines) is 1. The maximum absolute atomic E-state index is 11.0. The van der Waals surface area contributed by atoms with Gasteiger partial charge in [-0.1, -0.05) is 29.8 Å². The maximum Gasteiger partial charge on any atom is 0.157 e. The smallest absolute Gasteiger partial charge is 0.157 e. The Morgan fingerprint density at radius 2 is 2.14 bits per heavy atom. The van der Waals surface area contributed by atoms with E-state index in [2.05, 4.69) is 4.90 Å². The second-order valence-corrected chi connectivity index (χ2v) is 6.70. The second kappa shape index (κ2) is 8.25. The molecule has 1 fully saturated rings. The fourth-order valence-electron chi connectivity index (χ4n) is 2.85. The molecular weight excluding hydrogens is 310 g/mol. The predicted octanol–water partition coefficient (Wildman–Crippen LogP) is 2.89. The van der Waals surface area contributed by atoms with Gasteiger partial charge in [0.05, 0.1) is 12.4 Å². The fraction of sp³-hybridized carbons (Fsp3) is 0.600. The Hall–Kier alpha value is -0.460. The van der Waals surface area contributed by atoms with Crippen molar-refractivity contribution in [1.29, 1.82) is 0 Å². The van der Waals surface area contributed by atoms with Gasteiger partial charge in [0.15, 0.2) is 11.1 Å². The van der Waals surface area contributed by atoms with Crippen LogP contribution >= 0.6 is 11.6 Å². The van der Waals surface area contributed by atoms with Crippen LogP contribution in [-0.2, 0) is 21.6 Å². The zero-order valence-corrected chi connectivity index (χ0v) is 13.8. The van der Waals surface area contributed by atoms with Gasteiger partial charge in [-0.25, -0.2) is 4.21 Å². The first-order valence-electron chi connectivity index (χ1n) is 7.18. The molecule has 0 saturated carbocycles. The minimum Gasteiger partial charge on any atom is -0.383 e. The predicted molar refractivity (Wildman–Crippen MR) is 86.2 cm³/mol. The van der Waals surface area contributed by atoms with Crippen LogP contribution in [0.25, 0.3) is 0 Å². The van der Waals surface area contributed by atoms with Crippen LogP contribution in [0.1, 0.15) is 29.9 Å². The van der Waals surface area contributed by atoms with E-state index in [1.54, 1.807) is 7.11 Å². The average Bonchev–Trinajstić information content (AvgIpc) is 2.47. The lowest BCUT2D eigenvalue weighted by Gasteiger charge is -2.32. The molecule has 1 aliphatic rings. The summed E-state index contributed by atoms with van der Waals surface area (Å²) in [7, 11) is 1.73. The maximum atomic E-state index is 11.0. The van der Waals surface area contributed by atoms with Gasteiger partial charge in [-0.15, -0.1) is 0 Å². The van der Waals surface area contributed by atoms with E-state index in [0.717, 1.165) is 50.2 Å². The molecule has 0 aromatic heterocycles. The summed E-state index contributed by atoms with van der Waals surface area (Å²) in [6, 6.07) is 5.80. The molecule has 6 heteroatoms. The molecule has 1 unspecified atom stereocenters. The molecule has 0 aliphatic carbocycles. The van der Waals surface area contributed by atoms with E-state index in [-0.39, 0.29) is 5.75 Å². The van der Waals surface area contributed by atoms with Gasteiger partial charge in [0.25, 0.3) is 0 Å². The van der Waals surface area contributed by atoms with Crippen LogP contribution in [0.15, 0.2) is 18.2 Å². The van der Waals surface area contributed by atoms with E-state index in [1.165, 1.54) is 0 Å². The van der Waals surface area contributed by atoms with Crippen LogP contribution in [0, 0.1) is 0 Å². The van der Waals surface area contributed by atoms with Crippen molar-refractivity contribution in [2.24, 2.45) is 0 Å². The highest BCUT2D eigenvalue weighted by Gasteiger charge is 2.23. The van der Waals surface area contributed by atoms with Gasteiger partial charge in [0, 0.05) is 18.7 Å². The highest BCUT2D eigenvalue weighted by atomic mass is 35.5. The SMILES string of the molecule is COCCN1CCC(c2cccc(CS(=O)O)c2Cl)CC1. The van der Waals surface area contributed by atoms with E-state index in [9.17, 15) is 4.21 Å². The van der Waals surface area contributed by atoms with Crippen LogP contribution in [0.4, 0.5) is 0 Å². The Morgan fingerprint density at radius 1 is 1.43 bits per heavy atom. The van der Waals surface area contributed by atoms with Crippen molar-refractivity contribution < 1.29 is 13.5 Å². The van der Waals surface area contributed by atoms with Crippen molar-refractivity contribution in [1.82, 2.24) is 4.90 Å². The van der Waals surface area contributed by atoms with Gasteiger partial charge >= 0.3 is 0 Å². The third kappa shape index (κ3) is 4.76. The number of halogens is 1. The number of methoxy groups -OCH3 is 1. The Kier molecular flexibility index (Phi) is 6.64. The first-order valence-corrected chi connectivity index (χ1v) is 8.83. The van der Waals surface area contributed by atoms with Gasteiger partial charge in [0.1, 0.15) is 0 Å². The zero-order valence-electron chi connectivity index (χ0n) is 12.3. The van der Waals surface area contributed by atoms with Crippen LogP contribution in [-0.4, -0.2) is 47.0 Å². The second-order valence-electron chi connectivity index (χ2n) is 5.39. The molecule has 1 aromatic carbocycles. The quantitative estimate of drug-likeness (QED) is 0.814. The Bertz CT molecular complexity index is 490. The Balaban J connectivity index is 2.01. The monoisotopic (exact) mass is 331 g/mol. The van der Waals surface area contributed by atoms with E-state index in [0.29, 0.717) is 10.9 Å². The van der Waals surface area contributed by atoms with E-state index in [1.807, 2.05) is 18.2 Å². The number of hydrogen-bond donors (Lipinski definition) is 1. The highest BCUT2D eigenvalue weighted by molar-refractivity contribution is 7.78. The molecule has 1 heterocycles. The molecule has 1 saturated heterocycles. The fourth-order valence-corrected chi connectivity index (χ4v) is 3.78. The van der Waals surface area contributed by atoms with Crippen molar-refractivity contribution in [3.05, 3.63) is 34.3 Å². The topological polar surface area (TPSA) is 49.8 Å². The summed E-state index contributed by atoms with van der Waals surface area (Å²) in [6.45, 7) is 3.82. The lowest BCUT2D eigenvalue weighted by molar-refractivity contribution is 0.130. The zero-order chi connectivity index (χ0) is 15.2. The third-order valence-electron chi connectivity index (χ3n) is 4.03. The molecule has 1 N–H and O–H groups in total. The lowest BCUT2D eigenvalue weighted by Crippen LogP contribution is -2.35. The molecule has 1 aromatic rings. The van der Waals surface area contributed by atoms with Crippen LogP contribution in [0.5, 0.6) is 0 Å². The van der Waals surface area contributed by atoms with Gasteiger partial charge in [0.2, 0.25) is 0 Å². The summed E-state index contributed by atoms with van der Waals surface area (Å²) < 4.78 is 25.1. The van der Waals surface area contributed by atoms with Gasteiger partial charge in [-0.3, -0.25) is 0 Å². The highest BCUT2D eigenvalue weighted by Crippen LogP contribution is 2.34. The molecule has 21 heavy (non-hydrogen) atoms. The largest absolute Gasteiger partial charge is 0.383 e. The minimum absolute atomic E-state index is 0.0966. The van der Waals surface area contributed by atoms with Gasteiger partial charge in [-0.2, -0.15) is 0 Å². The molecule has 0 amide bonds. The molecule has 1 atom stereocenters. The molecule has 2 rings (SSSR count). The van der Waals surface area contributed by atoms with Crippen molar-refractivity contribution in [3.63, 3.8) is 0 Å². The van der Waals surface area contributed by atoms with Gasteiger partial charge in [-0.05, 0) is 43.0 Å². The number of ether oxygens (including phenoxy) is 1. The number of benzene rings is 1. The first kappa shape index (κ1) is 16.9. The lowest BCUT2D eigenvalue weighted by atomic mass is 9.88. The molecular formula is C15H22ClNO3S.